The summed E-state index contributed by atoms with van der Waals surface area (Å²) < 4.78 is 1.31. The smallest absolute Gasteiger partial charge is 0.124 e. The van der Waals surface area contributed by atoms with E-state index < -0.39 is 0 Å². The third-order valence-electron chi connectivity index (χ3n) is 7.14. The molecule has 1 aliphatic rings. The summed E-state index contributed by atoms with van der Waals surface area (Å²) in [6, 6.07) is 47.5. The second-order valence-corrected chi connectivity index (χ2v) is 10.5. The zero-order valence-electron chi connectivity index (χ0n) is 20.8. The number of thiophene rings is 1. The summed E-state index contributed by atoms with van der Waals surface area (Å²) in [7, 11) is 0. The predicted octanol–water partition coefficient (Wildman–Crippen LogP) is 9.84. The lowest BCUT2D eigenvalue weighted by Gasteiger charge is -2.34. The van der Waals surface area contributed by atoms with Crippen molar-refractivity contribution in [1.29, 1.82) is 0 Å². The highest BCUT2D eigenvalue weighted by Gasteiger charge is 2.24. The van der Waals surface area contributed by atoms with Crippen LogP contribution >= 0.6 is 11.3 Å². The lowest BCUT2D eigenvalue weighted by molar-refractivity contribution is 0.881. The minimum absolute atomic E-state index is 0.0132. The van der Waals surface area contributed by atoms with E-state index >= 15 is 0 Å². The molecule has 0 bridgehead atoms. The molecule has 0 radical (unpaired) electrons. The second kappa shape index (κ2) is 9.70. The van der Waals surface area contributed by atoms with Gasteiger partial charge in [0.25, 0.3) is 0 Å². The molecule has 0 spiro atoms. The minimum atomic E-state index is -0.0132. The maximum Gasteiger partial charge on any atom is 0.124 e. The standard InChI is InChI=1S/C35H26N2S/c1-3-9-25(10-4-1)27-15-19-29(20-16-27)37(30-21-17-28(18-22-30)26-11-5-2-6-12-26)34-24-23-32-31-13-7-8-14-33(31)38-35(32)36-34/h1-24,34,36H. The van der Waals surface area contributed by atoms with Gasteiger partial charge in [0.2, 0.25) is 0 Å². The van der Waals surface area contributed by atoms with E-state index in [0.29, 0.717) is 0 Å². The van der Waals surface area contributed by atoms with Crippen LogP contribution in [0.25, 0.3) is 38.4 Å². The largest absolute Gasteiger partial charge is 0.353 e. The molecule has 6 aromatic rings. The van der Waals surface area contributed by atoms with E-state index in [0.717, 1.165) is 11.4 Å². The topological polar surface area (TPSA) is 15.3 Å². The number of benzene rings is 5. The molecule has 0 amide bonds. The van der Waals surface area contributed by atoms with Gasteiger partial charge in [-0.3, -0.25) is 0 Å². The Morgan fingerprint density at radius 1 is 0.526 bits per heavy atom. The highest BCUT2D eigenvalue weighted by Crippen LogP contribution is 2.41. The fourth-order valence-corrected chi connectivity index (χ4v) is 6.34. The number of fused-ring (bicyclic) bond motifs is 3. The van der Waals surface area contributed by atoms with Crippen molar-refractivity contribution in [2.75, 3.05) is 10.2 Å². The van der Waals surface area contributed by atoms with Crippen LogP contribution in [0.2, 0.25) is 0 Å². The molecular weight excluding hydrogens is 480 g/mol. The molecule has 1 unspecified atom stereocenters. The first-order valence-corrected chi connectivity index (χ1v) is 13.7. The van der Waals surface area contributed by atoms with Gasteiger partial charge in [-0.05, 0) is 58.7 Å². The van der Waals surface area contributed by atoms with Gasteiger partial charge in [-0.1, -0.05) is 109 Å². The molecule has 0 aliphatic carbocycles. The van der Waals surface area contributed by atoms with Crippen molar-refractivity contribution in [3.63, 3.8) is 0 Å². The molecule has 1 N–H and O–H groups in total. The molecule has 1 aliphatic heterocycles. The Labute approximate surface area is 227 Å². The van der Waals surface area contributed by atoms with E-state index in [9.17, 15) is 0 Å². The van der Waals surface area contributed by atoms with E-state index in [2.05, 4.69) is 156 Å². The average Bonchev–Trinajstić information content (AvgIpc) is 3.37. The van der Waals surface area contributed by atoms with Gasteiger partial charge in [-0.15, -0.1) is 11.3 Å². The number of rotatable bonds is 5. The highest BCUT2D eigenvalue weighted by molar-refractivity contribution is 7.23. The summed E-state index contributed by atoms with van der Waals surface area (Å²) in [4.78, 5) is 2.38. The summed E-state index contributed by atoms with van der Waals surface area (Å²) in [6.07, 6.45) is 4.54. The van der Waals surface area contributed by atoms with Crippen molar-refractivity contribution in [2.24, 2.45) is 0 Å². The Morgan fingerprint density at radius 3 is 1.61 bits per heavy atom. The van der Waals surface area contributed by atoms with Crippen LogP contribution in [0, 0.1) is 0 Å². The minimum Gasteiger partial charge on any atom is -0.353 e. The first kappa shape index (κ1) is 22.6. The fraction of sp³-hybridized carbons (Fsp3) is 0.0286. The van der Waals surface area contributed by atoms with Crippen LogP contribution in [0.4, 0.5) is 16.4 Å². The summed E-state index contributed by atoms with van der Waals surface area (Å²) in [5.41, 5.74) is 8.44. The van der Waals surface area contributed by atoms with Gasteiger partial charge in [0, 0.05) is 27.0 Å². The normalized spacial score (nSPS) is 14.2. The van der Waals surface area contributed by atoms with Gasteiger partial charge in [-0.2, -0.15) is 0 Å². The van der Waals surface area contributed by atoms with Gasteiger partial charge in [0.1, 0.15) is 6.17 Å². The van der Waals surface area contributed by atoms with Crippen molar-refractivity contribution in [3.8, 4) is 22.3 Å². The van der Waals surface area contributed by atoms with Crippen LogP contribution in [0.1, 0.15) is 5.56 Å². The highest BCUT2D eigenvalue weighted by atomic mass is 32.1. The van der Waals surface area contributed by atoms with E-state index in [1.807, 2.05) is 11.3 Å². The number of hydrogen-bond acceptors (Lipinski definition) is 3. The molecule has 0 saturated heterocycles. The molecular formula is C35H26N2S. The number of nitrogens with zero attached hydrogens (tertiary/aromatic N) is 1. The summed E-state index contributed by atoms with van der Waals surface area (Å²) in [5, 5.41) is 6.35. The zero-order valence-corrected chi connectivity index (χ0v) is 21.6. The van der Waals surface area contributed by atoms with E-state index in [-0.39, 0.29) is 6.17 Å². The molecule has 38 heavy (non-hydrogen) atoms. The van der Waals surface area contributed by atoms with Crippen molar-refractivity contribution in [1.82, 2.24) is 0 Å². The SMILES string of the molecule is C1=CC(N(c2ccc(-c3ccccc3)cc2)c2ccc(-c3ccccc3)cc2)Nc2sc3ccccc3c21. The zero-order chi connectivity index (χ0) is 25.3. The maximum absolute atomic E-state index is 3.83. The molecule has 7 rings (SSSR count). The van der Waals surface area contributed by atoms with Crippen LogP contribution in [-0.2, 0) is 0 Å². The van der Waals surface area contributed by atoms with E-state index in [1.165, 1.54) is 42.9 Å². The maximum atomic E-state index is 3.83. The Balaban J connectivity index is 1.28. The third kappa shape index (κ3) is 4.17. The second-order valence-electron chi connectivity index (χ2n) is 9.49. The Bertz CT molecular complexity index is 1630. The summed E-state index contributed by atoms with van der Waals surface area (Å²) >= 11 is 1.82. The van der Waals surface area contributed by atoms with Gasteiger partial charge < -0.3 is 10.2 Å². The lowest BCUT2D eigenvalue weighted by atomic mass is 10.0. The van der Waals surface area contributed by atoms with E-state index in [1.54, 1.807) is 0 Å². The van der Waals surface area contributed by atoms with Crippen molar-refractivity contribution in [2.45, 2.75) is 6.17 Å². The molecule has 5 aromatic carbocycles. The molecule has 0 saturated carbocycles. The Hall–Kier alpha value is -4.60. The molecule has 2 heterocycles. The van der Waals surface area contributed by atoms with Crippen LogP contribution in [0.3, 0.4) is 0 Å². The fourth-order valence-electron chi connectivity index (χ4n) is 5.22. The van der Waals surface area contributed by atoms with Gasteiger partial charge in [0.15, 0.2) is 0 Å². The van der Waals surface area contributed by atoms with Crippen molar-refractivity contribution >= 4 is 43.9 Å². The van der Waals surface area contributed by atoms with Crippen LogP contribution in [0.5, 0.6) is 0 Å². The molecule has 182 valence electrons. The Kier molecular flexibility index (Phi) is 5.76. The number of hydrogen-bond donors (Lipinski definition) is 1. The van der Waals surface area contributed by atoms with Crippen LogP contribution < -0.4 is 10.2 Å². The monoisotopic (exact) mass is 506 g/mol. The van der Waals surface area contributed by atoms with Crippen LogP contribution in [-0.4, -0.2) is 6.17 Å². The van der Waals surface area contributed by atoms with Crippen molar-refractivity contribution < 1.29 is 0 Å². The molecule has 0 fully saturated rings. The van der Waals surface area contributed by atoms with E-state index in [4.69, 9.17) is 0 Å². The molecule has 3 heteroatoms. The Morgan fingerprint density at radius 2 is 1.03 bits per heavy atom. The number of nitrogens with one attached hydrogen (secondary N) is 1. The van der Waals surface area contributed by atoms with Gasteiger partial charge in [0.05, 0.1) is 5.00 Å². The first-order valence-electron chi connectivity index (χ1n) is 12.9. The summed E-state index contributed by atoms with van der Waals surface area (Å²) in [5.74, 6) is 0. The van der Waals surface area contributed by atoms with Gasteiger partial charge in [-0.25, -0.2) is 0 Å². The third-order valence-corrected chi connectivity index (χ3v) is 8.26. The molecule has 1 atom stereocenters. The summed E-state index contributed by atoms with van der Waals surface area (Å²) in [6.45, 7) is 0. The molecule has 2 nitrogen and oxygen atoms in total. The van der Waals surface area contributed by atoms with Gasteiger partial charge >= 0.3 is 0 Å². The first-order chi connectivity index (χ1) is 18.8. The molecule has 1 aromatic heterocycles. The van der Waals surface area contributed by atoms with Crippen molar-refractivity contribution in [3.05, 3.63) is 145 Å². The average molecular weight is 507 g/mol. The quantitative estimate of drug-likeness (QED) is 0.250. The number of anilines is 3. The predicted molar refractivity (Wildman–Crippen MR) is 164 cm³/mol. The lowest BCUT2D eigenvalue weighted by Crippen LogP contribution is -2.37. The van der Waals surface area contributed by atoms with Crippen LogP contribution in [0.15, 0.2) is 140 Å².